The van der Waals surface area contributed by atoms with Crippen molar-refractivity contribution in [2.45, 2.75) is 33.1 Å². The minimum absolute atomic E-state index is 0.616. The molecule has 20 heavy (non-hydrogen) atoms. The molecule has 0 radical (unpaired) electrons. The van der Waals surface area contributed by atoms with Crippen molar-refractivity contribution in [1.29, 1.82) is 0 Å². The van der Waals surface area contributed by atoms with Crippen molar-refractivity contribution < 1.29 is 0 Å². The lowest BCUT2D eigenvalue weighted by Crippen LogP contribution is -1.94. The highest BCUT2D eigenvalue weighted by Crippen LogP contribution is 2.26. The van der Waals surface area contributed by atoms with E-state index in [0.717, 1.165) is 0 Å². The highest BCUT2D eigenvalue weighted by atomic mass is 14.1. The van der Waals surface area contributed by atoms with Gasteiger partial charge in [-0.25, -0.2) is 0 Å². The fourth-order valence-electron chi connectivity index (χ4n) is 2.49. The van der Waals surface area contributed by atoms with E-state index < -0.39 is 0 Å². The Bertz CT molecular complexity index is 481. The number of unbranched alkanes of at least 4 members (excludes halogenated alkanes) is 1. The number of rotatable bonds is 6. The summed E-state index contributed by atoms with van der Waals surface area (Å²) in [6.07, 6.45) is 6.26. The monoisotopic (exact) mass is 264 g/mol. The van der Waals surface area contributed by atoms with E-state index in [0.29, 0.717) is 5.92 Å². The Morgan fingerprint density at radius 3 is 1.85 bits per heavy atom. The molecule has 0 saturated heterocycles. The van der Waals surface area contributed by atoms with Crippen LogP contribution >= 0.6 is 0 Å². The van der Waals surface area contributed by atoms with Gasteiger partial charge in [0.25, 0.3) is 0 Å². The maximum Gasteiger partial charge on any atom is -0.0149 e. The van der Waals surface area contributed by atoms with Crippen LogP contribution in [0, 0.1) is 5.92 Å². The number of allylic oxidation sites excluding steroid dienone is 1. The molecule has 2 rings (SSSR count). The van der Waals surface area contributed by atoms with Gasteiger partial charge in [-0.05, 0) is 29.0 Å². The summed E-state index contributed by atoms with van der Waals surface area (Å²) in [6, 6.07) is 21.4. The van der Waals surface area contributed by atoms with Gasteiger partial charge in [-0.1, -0.05) is 93.4 Å². The van der Waals surface area contributed by atoms with Gasteiger partial charge in [-0.15, -0.1) is 0 Å². The maximum absolute atomic E-state index is 2.43. The van der Waals surface area contributed by atoms with Crippen LogP contribution in [0.25, 0.3) is 5.57 Å². The van der Waals surface area contributed by atoms with Gasteiger partial charge < -0.3 is 0 Å². The van der Waals surface area contributed by atoms with Crippen LogP contribution in [-0.2, 0) is 0 Å². The first-order valence-corrected chi connectivity index (χ1v) is 7.64. The van der Waals surface area contributed by atoms with Crippen molar-refractivity contribution in [3.63, 3.8) is 0 Å². The molecule has 0 bridgehead atoms. The minimum Gasteiger partial charge on any atom is -0.0732 e. The van der Waals surface area contributed by atoms with E-state index in [1.807, 2.05) is 0 Å². The topological polar surface area (TPSA) is 0 Å². The molecule has 0 fully saturated rings. The second-order valence-electron chi connectivity index (χ2n) is 5.43. The molecule has 0 nitrogen and oxygen atoms in total. The molecule has 104 valence electrons. The van der Waals surface area contributed by atoms with Gasteiger partial charge in [-0.3, -0.25) is 0 Å². The molecular weight excluding hydrogens is 240 g/mol. The fraction of sp³-hybridized carbons (Fsp3) is 0.300. The summed E-state index contributed by atoms with van der Waals surface area (Å²) in [4.78, 5) is 0. The Labute approximate surface area is 123 Å². The lowest BCUT2D eigenvalue weighted by Gasteiger charge is -2.12. The zero-order valence-corrected chi connectivity index (χ0v) is 12.5. The van der Waals surface area contributed by atoms with Gasteiger partial charge in [-0.2, -0.15) is 0 Å². The fourth-order valence-corrected chi connectivity index (χ4v) is 2.49. The molecule has 0 N–H and O–H groups in total. The first-order valence-electron chi connectivity index (χ1n) is 7.64. The van der Waals surface area contributed by atoms with Crippen LogP contribution in [0.5, 0.6) is 0 Å². The number of hydrogen-bond donors (Lipinski definition) is 0. The van der Waals surface area contributed by atoms with Gasteiger partial charge in [0.05, 0.1) is 0 Å². The third-order valence-electron chi connectivity index (χ3n) is 3.63. The summed E-state index contributed by atoms with van der Waals surface area (Å²) in [7, 11) is 0. The molecule has 0 saturated carbocycles. The van der Waals surface area contributed by atoms with E-state index in [1.54, 1.807) is 0 Å². The molecule has 0 aromatic heterocycles. The van der Waals surface area contributed by atoms with Crippen LogP contribution in [0.4, 0.5) is 0 Å². The first kappa shape index (κ1) is 14.6. The molecule has 1 atom stereocenters. The van der Waals surface area contributed by atoms with E-state index in [1.165, 1.54) is 36.0 Å². The van der Waals surface area contributed by atoms with Crippen LogP contribution in [0.1, 0.15) is 44.2 Å². The zero-order chi connectivity index (χ0) is 14.2. The lowest BCUT2D eigenvalue weighted by atomic mass is 9.92. The van der Waals surface area contributed by atoms with Gasteiger partial charge in [0.1, 0.15) is 0 Å². The van der Waals surface area contributed by atoms with Crippen LogP contribution in [0.2, 0.25) is 0 Å². The van der Waals surface area contributed by atoms with Crippen LogP contribution in [-0.4, -0.2) is 0 Å². The molecule has 0 heterocycles. The lowest BCUT2D eigenvalue weighted by molar-refractivity contribution is 0.599. The summed E-state index contributed by atoms with van der Waals surface area (Å²) in [5, 5.41) is 0. The predicted molar refractivity (Wildman–Crippen MR) is 88.7 cm³/mol. The van der Waals surface area contributed by atoms with Crippen molar-refractivity contribution in [2.75, 3.05) is 0 Å². The molecule has 0 spiro atoms. The van der Waals surface area contributed by atoms with Gasteiger partial charge in [0.15, 0.2) is 0 Å². The maximum atomic E-state index is 2.43. The van der Waals surface area contributed by atoms with E-state index in [-0.39, 0.29) is 0 Å². The minimum atomic E-state index is 0.616. The van der Waals surface area contributed by atoms with Crippen molar-refractivity contribution >= 4 is 5.57 Å². The van der Waals surface area contributed by atoms with Crippen LogP contribution < -0.4 is 0 Å². The third kappa shape index (κ3) is 4.09. The highest BCUT2D eigenvalue weighted by Gasteiger charge is 2.06. The Hall–Kier alpha value is -1.82. The van der Waals surface area contributed by atoms with E-state index in [9.17, 15) is 0 Å². The molecule has 2 aromatic carbocycles. The zero-order valence-electron chi connectivity index (χ0n) is 12.5. The van der Waals surface area contributed by atoms with E-state index >= 15 is 0 Å². The number of hydrogen-bond acceptors (Lipinski definition) is 0. The normalized spacial score (nSPS) is 11.9. The van der Waals surface area contributed by atoms with Crippen molar-refractivity contribution in [3.05, 3.63) is 77.9 Å². The first-order chi connectivity index (χ1) is 9.81. The van der Waals surface area contributed by atoms with Gasteiger partial charge in [0, 0.05) is 0 Å². The molecule has 0 aliphatic rings. The Balaban J connectivity index is 2.32. The smallest absolute Gasteiger partial charge is 0.0149 e. The van der Waals surface area contributed by atoms with Crippen molar-refractivity contribution in [3.8, 4) is 0 Å². The summed E-state index contributed by atoms with van der Waals surface area (Å²) in [5.41, 5.74) is 3.97. The van der Waals surface area contributed by atoms with Gasteiger partial charge in [0.2, 0.25) is 0 Å². The predicted octanol–water partition coefficient (Wildman–Crippen LogP) is 5.94. The second-order valence-corrected chi connectivity index (χ2v) is 5.43. The Kier molecular flexibility index (Phi) is 5.61. The summed E-state index contributed by atoms with van der Waals surface area (Å²) < 4.78 is 0. The standard InChI is InChI=1S/C20H24/c1-3-4-11-17(2)16-20(18-12-7-5-8-13-18)19-14-9-6-10-15-19/h5-10,12-17H,3-4,11H2,1-2H3/t17-/m1/s1. The highest BCUT2D eigenvalue weighted by molar-refractivity contribution is 5.79. The molecule has 0 unspecified atom stereocenters. The third-order valence-corrected chi connectivity index (χ3v) is 3.63. The average Bonchev–Trinajstić information content (AvgIpc) is 2.52. The average molecular weight is 264 g/mol. The van der Waals surface area contributed by atoms with E-state index in [4.69, 9.17) is 0 Å². The summed E-state index contributed by atoms with van der Waals surface area (Å²) >= 11 is 0. The molecule has 0 amide bonds. The van der Waals surface area contributed by atoms with Crippen molar-refractivity contribution in [2.24, 2.45) is 5.92 Å². The molecular formula is C20H24. The Morgan fingerprint density at radius 2 is 1.40 bits per heavy atom. The second kappa shape index (κ2) is 7.69. The summed E-state index contributed by atoms with van der Waals surface area (Å²) in [5.74, 6) is 0.616. The largest absolute Gasteiger partial charge is 0.0732 e. The van der Waals surface area contributed by atoms with E-state index in [2.05, 4.69) is 80.6 Å². The van der Waals surface area contributed by atoms with Crippen molar-refractivity contribution in [1.82, 2.24) is 0 Å². The molecule has 0 aliphatic heterocycles. The van der Waals surface area contributed by atoms with Crippen LogP contribution in [0.3, 0.4) is 0 Å². The molecule has 0 heteroatoms. The molecule has 2 aromatic rings. The van der Waals surface area contributed by atoms with Gasteiger partial charge >= 0.3 is 0 Å². The summed E-state index contributed by atoms with van der Waals surface area (Å²) in [6.45, 7) is 4.58. The van der Waals surface area contributed by atoms with Crippen LogP contribution in [0.15, 0.2) is 66.7 Å². The number of benzene rings is 2. The molecule has 0 aliphatic carbocycles. The SMILES string of the molecule is CCCC[C@@H](C)C=C(c1ccccc1)c1ccccc1. The Morgan fingerprint density at radius 1 is 0.900 bits per heavy atom. The quantitative estimate of drug-likeness (QED) is 0.605.